The topological polar surface area (TPSA) is 55.1 Å². The van der Waals surface area contributed by atoms with Crippen molar-refractivity contribution in [2.24, 2.45) is 17.6 Å². The summed E-state index contributed by atoms with van der Waals surface area (Å²) >= 11 is 0. The number of amides is 1. The number of carbonyl (C=O) groups is 1. The molecule has 2 unspecified atom stereocenters. The lowest BCUT2D eigenvalue weighted by Crippen LogP contribution is -2.36. The molecule has 3 heteroatoms. The summed E-state index contributed by atoms with van der Waals surface area (Å²) in [5, 5.41) is 3.08. The molecule has 16 heavy (non-hydrogen) atoms. The van der Waals surface area contributed by atoms with Crippen LogP contribution >= 0.6 is 0 Å². The quantitative estimate of drug-likeness (QED) is 0.765. The Kier molecular flexibility index (Phi) is 4.22. The van der Waals surface area contributed by atoms with Crippen LogP contribution in [0.15, 0.2) is 0 Å². The Morgan fingerprint density at radius 3 is 2.44 bits per heavy atom. The Balaban J connectivity index is 1.60. The fraction of sp³-hybridized carbons (Fsp3) is 0.923. The van der Waals surface area contributed by atoms with E-state index in [1.807, 2.05) is 0 Å². The van der Waals surface area contributed by atoms with Gasteiger partial charge in [-0.1, -0.05) is 12.8 Å². The first-order valence-corrected chi connectivity index (χ1v) is 6.76. The molecular formula is C13H24N2O. The molecule has 0 aromatic heterocycles. The van der Waals surface area contributed by atoms with E-state index in [0.29, 0.717) is 17.9 Å². The molecule has 0 spiro atoms. The molecule has 1 amide bonds. The van der Waals surface area contributed by atoms with Crippen LogP contribution in [0.4, 0.5) is 0 Å². The van der Waals surface area contributed by atoms with Gasteiger partial charge in [-0.15, -0.1) is 0 Å². The van der Waals surface area contributed by atoms with Gasteiger partial charge in [0.05, 0.1) is 0 Å². The van der Waals surface area contributed by atoms with E-state index in [9.17, 15) is 4.79 Å². The van der Waals surface area contributed by atoms with Crippen molar-refractivity contribution in [2.45, 2.75) is 57.4 Å². The third-order valence-corrected chi connectivity index (χ3v) is 4.11. The molecule has 2 saturated carbocycles. The first-order valence-electron chi connectivity index (χ1n) is 6.76. The lowest BCUT2D eigenvalue weighted by atomic mass is 9.82. The zero-order valence-electron chi connectivity index (χ0n) is 10.1. The van der Waals surface area contributed by atoms with Gasteiger partial charge in [-0.05, 0) is 43.9 Å². The highest BCUT2D eigenvalue weighted by Crippen LogP contribution is 2.29. The average molecular weight is 224 g/mol. The van der Waals surface area contributed by atoms with Gasteiger partial charge in [0, 0.05) is 19.0 Å². The van der Waals surface area contributed by atoms with Gasteiger partial charge in [0.1, 0.15) is 0 Å². The highest BCUT2D eigenvalue weighted by atomic mass is 16.1. The standard InChI is InChI=1S/C13H24N2O/c14-12-6-2-5-11(7-12)9-15-13(16)8-10-3-1-4-10/h10-12H,1-9,14H2,(H,15,16). The summed E-state index contributed by atoms with van der Waals surface area (Å²) < 4.78 is 0. The average Bonchev–Trinajstić information content (AvgIpc) is 2.21. The van der Waals surface area contributed by atoms with Crippen LogP contribution in [0.5, 0.6) is 0 Å². The predicted octanol–water partition coefficient (Wildman–Crippen LogP) is 1.81. The SMILES string of the molecule is NC1CCCC(CNC(=O)CC2CCC2)C1. The van der Waals surface area contributed by atoms with Gasteiger partial charge in [-0.25, -0.2) is 0 Å². The van der Waals surface area contributed by atoms with Crippen molar-refractivity contribution in [3.05, 3.63) is 0 Å². The molecular weight excluding hydrogens is 200 g/mol. The van der Waals surface area contributed by atoms with E-state index in [-0.39, 0.29) is 5.91 Å². The van der Waals surface area contributed by atoms with E-state index >= 15 is 0 Å². The minimum absolute atomic E-state index is 0.254. The third-order valence-electron chi connectivity index (χ3n) is 4.11. The highest BCUT2D eigenvalue weighted by Gasteiger charge is 2.22. The molecule has 0 heterocycles. The number of nitrogens with two attached hydrogens (primary N) is 1. The molecule has 2 fully saturated rings. The molecule has 0 aromatic carbocycles. The van der Waals surface area contributed by atoms with Crippen molar-refractivity contribution < 1.29 is 4.79 Å². The minimum Gasteiger partial charge on any atom is -0.356 e. The molecule has 0 radical (unpaired) electrons. The summed E-state index contributed by atoms with van der Waals surface area (Å²) in [5.41, 5.74) is 5.93. The molecule has 2 aliphatic carbocycles. The number of hydrogen-bond acceptors (Lipinski definition) is 2. The van der Waals surface area contributed by atoms with E-state index in [1.54, 1.807) is 0 Å². The number of nitrogens with one attached hydrogen (secondary N) is 1. The van der Waals surface area contributed by atoms with Crippen LogP contribution in [0.2, 0.25) is 0 Å². The second kappa shape index (κ2) is 5.67. The van der Waals surface area contributed by atoms with Gasteiger partial charge in [0.25, 0.3) is 0 Å². The Hall–Kier alpha value is -0.570. The summed E-state index contributed by atoms with van der Waals surface area (Å²) in [7, 11) is 0. The second-order valence-corrected chi connectivity index (χ2v) is 5.60. The molecule has 0 bridgehead atoms. The maximum absolute atomic E-state index is 11.6. The van der Waals surface area contributed by atoms with Crippen molar-refractivity contribution in [1.29, 1.82) is 0 Å². The van der Waals surface area contributed by atoms with E-state index in [2.05, 4.69) is 5.32 Å². The monoisotopic (exact) mass is 224 g/mol. The fourth-order valence-corrected chi connectivity index (χ4v) is 2.81. The Morgan fingerprint density at radius 1 is 1.12 bits per heavy atom. The van der Waals surface area contributed by atoms with Crippen molar-refractivity contribution >= 4 is 5.91 Å². The van der Waals surface area contributed by atoms with Crippen molar-refractivity contribution in [2.75, 3.05) is 6.54 Å². The number of rotatable bonds is 4. The Bertz CT molecular complexity index is 238. The van der Waals surface area contributed by atoms with E-state index in [0.717, 1.165) is 25.8 Å². The number of hydrogen-bond donors (Lipinski definition) is 2. The number of carbonyl (C=O) groups excluding carboxylic acids is 1. The maximum atomic E-state index is 11.6. The Labute approximate surface area is 98.2 Å². The lowest BCUT2D eigenvalue weighted by molar-refractivity contribution is -0.122. The van der Waals surface area contributed by atoms with Gasteiger partial charge in [-0.2, -0.15) is 0 Å². The highest BCUT2D eigenvalue weighted by molar-refractivity contribution is 5.76. The van der Waals surface area contributed by atoms with Gasteiger partial charge < -0.3 is 11.1 Å². The summed E-state index contributed by atoms with van der Waals surface area (Å²) in [6.07, 6.45) is 9.27. The molecule has 0 aromatic rings. The Morgan fingerprint density at radius 2 is 1.81 bits per heavy atom. The van der Waals surface area contributed by atoms with Crippen molar-refractivity contribution in [3.63, 3.8) is 0 Å². The first kappa shape index (κ1) is 11.9. The van der Waals surface area contributed by atoms with Gasteiger partial charge in [-0.3, -0.25) is 4.79 Å². The van der Waals surface area contributed by atoms with Crippen LogP contribution in [0.1, 0.15) is 51.4 Å². The third kappa shape index (κ3) is 3.48. The molecule has 2 rings (SSSR count). The van der Waals surface area contributed by atoms with Gasteiger partial charge in [0.2, 0.25) is 5.91 Å². The zero-order chi connectivity index (χ0) is 11.4. The summed E-state index contributed by atoms with van der Waals surface area (Å²) in [6, 6.07) is 0.363. The van der Waals surface area contributed by atoms with Crippen LogP contribution in [-0.4, -0.2) is 18.5 Å². The van der Waals surface area contributed by atoms with Crippen molar-refractivity contribution in [3.8, 4) is 0 Å². The van der Waals surface area contributed by atoms with Crippen molar-refractivity contribution in [1.82, 2.24) is 5.32 Å². The van der Waals surface area contributed by atoms with Gasteiger partial charge >= 0.3 is 0 Å². The van der Waals surface area contributed by atoms with E-state index in [1.165, 1.54) is 32.1 Å². The second-order valence-electron chi connectivity index (χ2n) is 5.60. The van der Waals surface area contributed by atoms with Crippen LogP contribution in [-0.2, 0) is 4.79 Å². The maximum Gasteiger partial charge on any atom is 0.220 e. The van der Waals surface area contributed by atoms with Crippen LogP contribution < -0.4 is 11.1 Å². The van der Waals surface area contributed by atoms with E-state index in [4.69, 9.17) is 5.73 Å². The molecule has 2 atom stereocenters. The normalized spacial score (nSPS) is 30.8. The first-order chi connectivity index (χ1) is 7.74. The molecule has 92 valence electrons. The fourth-order valence-electron chi connectivity index (χ4n) is 2.81. The van der Waals surface area contributed by atoms with E-state index < -0.39 is 0 Å². The summed E-state index contributed by atoms with van der Waals surface area (Å²) in [4.78, 5) is 11.6. The predicted molar refractivity (Wildman–Crippen MR) is 64.9 cm³/mol. The van der Waals surface area contributed by atoms with Crippen LogP contribution in [0, 0.1) is 11.8 Å². The zero-order valence-corrected chi connectivity index (χ0v) is 10.1. The molecule has 3 N–H and O–H groups in total. The molecule has 2 aliphatic rings. The molecule has 3 nitrogen and oxygen atoms in total. The summed E-state index contributed by atoms with van der Waals surface area (Å²) in [5.74, 6) is 1.55. The molecule has 0 aliphatic heterocycles. The van der Waals surface area contributed by atoms with Crippen LogP contribution in [0.25, 0.3) is 0 Å². The van der Waals surface area contributed by atoms with Gasteiger partial charge in [0.15, 0.2) is 0 Å². The lowest BCUT2D eigenvalue weighted by Gasteiger charge is -2.28. The summed E-state index contributed by atoms with van der Waals surface area (Å²) in [6.45, 7) is 0.846. The van der Waals surface area contributed by atoms with Crippen LogP contribution in [0.3, 0.4) is 0 Å². The molecule has 0 saturated heterocycles. The smallest absolute Gasteiger partial charge is 0.220 e. The largest absolute Gasteiger partial charge is 0.356 e. The minimum atomic E-state index is 0.254.